The zero-order chi connectivity index (χ0) is 14.2. The fourth-order valence-corrected chi connectivity index (χ4v) is 2.63. The zero-order valence-corrected chi connectivity index (χ0v) is 12.1. The molecule has 108 valence electrons. The van der Waals surface area contributed by atoms with Gasteiger partial charge in [0.25, 0.3) is 0 Å². The molecule has 1 N–H and O–H groups in total. The van der Waals surface area contributed by atoms with Crippen LogP contribution in [-0.4, -0.2) is 26.7 Å². The number of amides is 1. The van der Waals surface area contributed by atoms with Gasteiger partial charge in [0.15, 0.2) is 11.5 Å². The van der Waals surface area contributed by atoms with E-state index in [1.807, 2.05) is 12.1 Å². The van der Waals surface area contributed by atoms with Gasteiger partial charge in [-0.3, -0.25) is 4.79 Å². The van der Waals surface area contributed by atoms with Gasteiger partial charge >= 0.3 is 0 Å². The highest BCUT2D eigenvalue weighted by atomic mass is 16.5. The number of methoxy groups -OCH3 is 2. The summed E-state index contributed by atoms with van der Waals surface area (Å²) in [7, 11) is 3.29. The number of carbonyl (C=O) groups excluding carboxylic acids is 1. The Labute approximate surface area is 119 Å². The van der Waals surface area contributed by atoms with Gasteiger partial charge in [0, 0.05) is 17.9 Å². The van der Waals surface area contributed by atoms with Crippen LogP contribution in [0.4, 0.5) is 0 Å². The molecule has 4 heteroatoms. The maximum absolute atomic E-state index is 11.8. The predicted octanol–water partition coefficient (Wildman–Crippen LogP) is 2.26. The van der Waals surface area contributed by atoms with E-state index in [2.05, 4.69) is 11.4 Å². The fourth-order valence-electron chi connectivity index (χ4n) is 2.63. The molecule has 0 saturated heterocycles. The quantitative estimate of drug-likeness (QED) is 0.866. The highest BCUT2D eigenvalue weighted by molar-refractivity contribution is 5.81. The Morgan fingerprint density at radius 1 is 1.25 bits per heavy atom. The summed E-state index contributed by atoms with van der Waals surface area (Å²) < 4.78 is 10.6. The number of hydrogen-bond acceptors (Lipinski definition) is 3. The molecule has 1 aromatic rings. The van der Waals surface area contributed by atoms with Crippen molar-refractivity contribution >= 4 is 5.91 Å². The minimum Gasteiger partial charge on any atom is -0.493 e. The van der Waals surface area contributed by atoms with Gasteiger partial charge < -0.3 is 14.8 Å². The Hall–Kier alpha value is -1.71. The number of ether oxygens (including phenoxy) is 2. The molecule has 2 aliphatic rings. The molecule has 2 saturated carbocycles. The molecular formula is C16H21NO3. The third-order valence-electron chi connectivity index (χ3n) is 4.40. The van der Waals surface area contributed by atoms with Crippen LogP contribution in [0.2, 0.25) is 0 Å². The summed E-state index contributed by atoms with van der Waals surface area (Å²) in [6.07, 6.45) is 4.34. The van der Waals surface area contributed by atoms with E-state index in [1.54, 1.807) is 14.2 Å². The monoisotopic (exact) mass is 275 g/mol. The minimum absolute atomic E-state index is 0.101. The second-order valence-electron chi connectivity index (χ2n) is 5.84. The molecule has 0 aromatic heterocycles. The van der Waals surface area contributed by atoms with E-state index in [1.165, 1.54) is 5.56 Å². The highest BCUT2D eigenvalue weighted by Gasteiger charge is 2.45. The molecular weight excluding hydrogens is 254 g/mol. The lowest BCUT2D eigenvalue weighted by atomic mass is 9.95. The summed E-state index contributed by atoms with van der Waals surface area (Å²) in [5.74, 6) is 1.99. The molecule has 0 heterocycles. The summed E-state index contributed by atoms with van der Waals surface area (Å²) in [5, 5.41) is 3.10. The Bertz CT molecular complexity index is 518. The Morgan fingerprint density at radius 3 is 2.50 bits per heavy atom. The Kier molecular flexibility index (Phi) is 3.32. The second-order valence-corrected chi connectivity index (χ2v) is 5.84. The molecule has 20 heavy (non-hydrogen) atoms. The molecule has 1 aromatic carbocycles. The van der Waals surface area contributed by atoms with Gasteiger partial charge in [-0.15, -0.1) is 0 Å². The van der Waals surface area contributed by atoms with Gasteiger partial charge in [-0.25, -0.2) is 0 Å². The molecule has 2 aliphatic carbocycles. The van der Waals surface area contributed by atoms with Crippen LogP contribution in [0.1, 0.15) is 31.2 Å². The third-order valence-corrected chi connectivity index (χ3v) is 4.40. The van der Waals surface area contributed by atoms with Crippen molar-refractivity contribution in [3.05, 3.63) is 23.8 Å². The van der Waals surface area contributed by atoms with Crippen LogP contribution in [0.25, 0.3) is 0 Å². The molecule has 0 unspecified atom stereocenters. The Morgan fingerprint density at radius 2 is 1.95 bits per heavy atom. The molecule has 0 bridgehead atoms. The zero-order valence-electron chi connectivity index (χ0n) is 12.1. The standard InChI is InChI=1S/C16H21NO3/c1-19-13-6-5-12(9-14(13)20-2)16(7-8-16)10-17-15(18)11-3-4-11/h5-6,9,11H,3-4,7-8,10H2,1-2H3,(H,17,18). The lowest BCUT2D eigenvalue weighted by Crippen LogP contribution is -2.33. The number of nitrogens with one attached hydrogen (secondary N) is 1. The second kappa shape index (κ2) is 5.00. The minimum atomic E-state index is 0.101. The van der Waals surface area contributed by atoms with E-state index in [0.717, 1.165) is 43.7 Å². The first-order valence-corrected chi connectivity index (χ1v) is 7.19. The lowest BCUT2D eigenvalue weighted by molar-refractivity contribution is -0.122. The average molecular weight is 275 g/mol. The van der Waals surface area contributed by atoms with Crippen LogP contribution in [-0.2, 0) is 10.2 Å². The van der Waals surface area contributed by atoms with E-state index < -0.39 is 0 Å². The van der Waals surface area contributed by atoms with Crippen molar-refractivity contribution in [3.8, 4) is 11.5 Å². The van der Waals surface area contributed by atoms with Crippen LogP contribution >= 0.6 is 0 Å². The van der Waals surface area contributed by atoms with Crippen molar-refractivity contribution in [3.63, 3.8) is 0 Å². The molecule has 0 spiro atoms. The highest BCUT2D eigenvalue weighted by Crippen LogP contribution is 2.49. The van der Waals surface area contributed by atoms with Gasteiger partial charge in [-0.2, -0.15) is 0 Å². The fraction of sp³-hybridized carbons (Fsp3) is 0.562. The van der Waals surface area contributed by atoms with Gasteiger partial charge in [-0.1, -0.05) is 6.07 Å². The molecule has 0 atom stereocenters. The maximum Gasteiger partial charge on any atom is 0.223 e. The smallest absolute Gasteiger partial charge is 0.223 e. The van der Waals surface area contributed by atoms with Crippen LogP contribution in [0, 0.1) is 5.92 Å². The predicted molar refractivity (Wildman–Crippen MR) is 76.2 cm³/mol. The molecule has 4 nitrogen and oxygen atoms in total. The summed E-state index contributed by atoms with van der Waals surface area (Å²) in [6.45, 7) is 0.734. The summed E-state index contributed by atoms with van der Waals surface area (Å²) in [6, 6.07) is 6.06. The van der Waals surface area contributed by atoms with Crippen molar-refractivity contribution < 1.29 is 14.3 Å². The van der Waals surface area contributed by atoms with Gasteiger partial charge in [-0.05, 0) is 43.4 Å². The Balaban J connectivity index is 1.72. The summed E-state index contributed by atoms with van der Waals surface area (Å²) >= 11 is 0. The first-order chi connectivity index (χ1) is 9.68. The van der Waals surface area contributed by atoms with Crippen LogP contribution < -0.4 is 14.8 Å². The summed E-state index contributed by atoms with van der Waals surface area (Å²) in [4.78, 5) is 11.8. The van der Waals surface area contributed by atoms with E-state index in [9.17, 15) is 4.79 Å². The van der Waals surface area contributed by atoms with Crippen LogP contribution in [0.3, 0.4) is 0 Å². The van der Waals surface area contributed by atoms with Crippen LogP contribution in [0.15, 0.2) is 18.2 Å². The number of rotatable bonds is 6. The molecule has 2 fully saturated rings. The summed E-state index contributed by atoms with van der Waals surface area (Å²) in [5.41, 5.74) is 1.33. The van der Waals surface area contributed by atoms with Crippen molar-refractivity contribution in [2.24, 2.45) is 5.92 Å². The molecule has 0 aliphatic heterocycles. The van der Waals surface area contributed by atoms with E-state index in [4.69, 9.17) is 9.47 Å². The third kappa shape index (κ3) is 2.47. The van der Waals surface area contributed by atoms with E-state index >= 15 is 0 Å². The largest absolute Gasteiger partial charge is 0.493 e. The molecule has 1 amide bonds. The lowest BCUT2D eigenvalue weighted by Gasteiger charge is -2.18. The van der Waals surface area contributed by atoms with E-state index in [-0.39, 0.29) is 17.2 Å². The molecule has 0 radical (unpaired) electrons. The SMILES string of the molecule is COc1ccc(C2(CNC(=O)C3CC3)CC2)cc1OC. The first kappa shape index (κ1) is 13.3. The van der Waals surface area contributed by atoms with Crippen molar-refractivity contribution in [2.45, 2.75) is 31.1 Å². The first-order valence-electron chi connectivity index (χ1n) is 7.19. The van der Waals surface area contributed by atoms with Crippen molar-refractivity contribution in [1.29, 1.82) is 0 Å². The van der Waals surface area contributed by atoms with Crippen molar-refractivity contribution in [2.75, 3.05) is 20.8 Å². The average Bonchev–Trinajstić information content (AvgIpc) is 3.38. The van der Waals surface area contributed by atoms with Gasteiger partial charge in [0.1, 0.15) is 0 Å². The number of benzene rings is 1. The number of carbonyl (C=O) groups is 1. The van der Waals surface area contributed by atoms with Crippen molar-refractivity contribution in [1.82, 2.24) is 5.32 Å². The van der Waals surface area contributed by atoms with Gasteiger partial charge in [0.2, 0.25) is 5.91 Å². The van der Waals surface area contributed by atoms with Gasteiger partial charge in [0.05, 0.1) is 14.2 Å². The van der Waals surface area contributed by atoms with Crippen LogP contribution in [0.5, 0.6) is 11.5 Å². The maximum atomic E-state index is 11.8. The van der Waals surface area contributed by atoms with E-state index in [0.29, 0.717) is 0 Å². The normalized spacial score (nSPS) is 19.3. The number of hydrogen-bond donors (Lipinski definition) is 1. The molecule has 3 rings (SSSR count). The topological polar surface area (TPSA) is 47.6 Å².